The molecule has 1 atom stereocenters. The summed E-state index contributed by atoms with van der Waals surface area (Å²) in [6.45, 7) is 0. The molecule has 2 rings (SSSR count). The highest BCUT2D eigenvalue weighted by Gasteiger charge is 2.10. The first-order valence-electron chi connectivity index (χ1n) is 5.87. The normalized spacial score (nSPS) is 12.1. The topological polar surface area (TPSA) is 55.5 Å². The van der Waals surface area contributed by atoms with Crippen LogP contribution in [0.2, 0.25) is 0 Å². The van der Waals surface area contributed by atoms with E-state index in [1.807, 2.05) is 42.5 Å². The monoisotopic (exact) mass is 243 g/mol. The number of phenols is 1. The third kappa shape index (κ3) is 2.81. The first-order valence-corrected chi connectivity index (χ1v) is 5.87. The molecule has 94 valence electrons. The van der Waals surface area contributed by atoms with Crippen LogP contribution in [-0.2, 0) is 6.42 Å². The van der Waals surface area contributed by atoms with Gasteiger partial charge in [0.1, 0.15) is 11.5 Å². The second kappa shape index (κ2) is 5.56. The second-order valence-corrected chi connectivity index (χ2v) is 4.22. The first kappa shape index (κ1) is 12.5. The summed E-state index contributed by atoms with van der Waals surface area (Å²) in [7, 11) is 1.57. The predicted octanol–water partition coefficient (Wildman–Crippen LogP) is 2.64. The maximum atomic E-state index is 9.88. The number of phenolic OH excluding ortho intramolecular Hbond substituents is 1. The van der Waals surface area contributed by atoms with Crippen LogP contribution in [0.5, 0.6) is 11.5 Å². The van der Waals surface area contributed by atoms with Gasteiger partial charge in [0.2, 0.25) is 0 Å². The van der Waals surface area contributed by atoms with Crippen molar-refractivity contribution in [3.63, 3.8) is 0 Å². The Balaban J connectivity index is 2.14. The fourth-order valence-electron chi connectivity index (χ4n) is 1.90. The lowest BCUT2D eigenvalue weighted by atomic mass is 9.99. The lowest BCUT2D eigenvalue weighted by Crippen LogP contribution is -2.13. The van der Waals surface area contributed by atoms with Gasteiger partial charge in [-0.1, -0.05) is 36.4 Å². The van der Waals surface area contributed by atoms with Gasteiger partial charge in [-0.2, -0.15) is 0 Å². The van der Waals surface area contributed by atoms with Gasteiger partial charge in [0.05, 0.1) is 7.11 Å². The number of methoxy groups -OCH3 is 1. The molecule has 3 N–H and O–H groups in total. The molecular formula is C15H17NO2. The summed E-state index contributed by atoms with van der Waals surface area (Å²) in [4.78, 5) is 0. The SMILES string of the molecule is COc1ccc(CC(N)c2ccccc2)c(O)c1. The summed E-state index contributed by atoms with van der Waals surface area (Å²) < 4.78 is 5.05. The van der Waals surface area contributed by atoms with Crippen molar-refractivity contribution in [2.45, 2.75) is 12.5 Å². The van der Waals surface area contributed by atoms with Crippen molar-refractivity contribution in [2.24, 2.45) is 5.73 Å². The molecule has 0 bridgehead atoms. The molecule has 0 aromatic heterocycles. The molecule has 0 amide bonds. The standard InChI is InChI=1S/C15H17NO2/c1-18-13-8-7-12(15(17)10-13)9-14(16)11-5-3-2-4-6-11/h2-8,10,14,17H,9,16H2,1H3. The van der Waals surface area contributed by atoms with E-state index in [-0.39, 0.29) is 11.8 Å². The van der Waals surface area contributed by atoms with Gasteiger partial charge in [-0.15, -0.1) is 0 Å². The lowest BCUT2D eigenvalue weighted by Gasteiger charge is -2.13. The predicted molar refractivity (Wildman–Crippen MR) is 71.7 cm³/mol. The number of ether oxygens (including phenoxy) is 1. The Morgan fingerprint density at radius 3 is 2.50 bits per heavy atom. The van der Waals surface area contributed by atoms with Gasteiger partial charge in [-0.25, -0.2) is 0 Å². The zero-order valence-corrected chi connectivity index (χ0v) is 10.3. The van der Waals surface area contributed by atoms with E-state index in [1.165, 1.54) is 0 Å². The van der Waals surface area contributed by atoms with Crippen LogP contribution >= 0.6 is 0 Å². The molecule has 0 heterocycles. The lowest BCUT2D eigenvalue weighted by molar-refractivity contribution is 0.406. The molecule has 0 radical (unpaired) electrons. The molecule has 0 aliphatic heterocycles. The van der Waals surface area contributed by atoms with Crippen LogP contribution in [0.4, 0.5) is 0 Å². The molecule has 0 fully saturated rings. The number of nitrogens with two attached hydrogens (primary N) is 1. The summed E-state index contributed by atoms with van der Waals surface area (Å²) in [5.41, 5.74) is 8.01. The third-order valence-corrected chi connectivity index (χ3v) is 2.96. The minimum absolute atomic E-state index is 0.120. The summed E-state index contributed by atoms with van der Waals surface area (Å²) in [5.74, 6) is 0.866. The van der Waals surface area contributed by atoms with Crippen LogP contribution in [-0.4, -0.2) is 12.2 Å². The van der Waals surface area contributed by atoms with Crippen molar-refractivity contribution in [1.82, 2.24) is 0 Å². The summed E-state index contributed by atoms with van der Waals surface area (Å²) in [6.07, 6.45) is 0.597. The van der Waals surface area contributed by atoms with Crippen molar-refractivity contribution >= 4 is 0 Å². The molecule has 0 saturated heterocycles. The second-order valence-electron chi connectivity index (χ2n) is 4.22. The Bertz CT molecular complexity index is 511. The van der Waals surface area contributed by atoms with Gasteiger partial charge < -0.3 is 15.6 Å². The number of hydrogen-bond acceptors (Lipinski definition) is 3. The quantitative estimate of drug-likeness (QED) is 0.868. The number of benzene rings is 2. The molecule has 0 spiro atoms. The summed E-state index contributed by atoms with van der Waals surface area (Å²) in [5, 5.41) is 9.88. The minimum Gasteiger partial charge on any atom is -0.508 e. The van der Waals surface area contributed by atoms with Gasteiger partial charge >= 0.3 is 0 Å². The zero-order valence-electron chi connectivity index (χ0n) is 10.3. The smallest absolute Gasteiger partial charge is 0.122 e. The maximum absolute atomic E-state index is 9.88. The van der Waals surface area contributed by atoms with E-state index in [2.05, 4.69) is 0 Å². The first-order chi connectivity index (χ1) is 8.70. The molecule has 0 saturated carbocycles. The molecule has 18 heavy (non-hydrogen) atoms. The number of rotatable bonds is 4. The Hall–Kier alpha value is -2.00. The fraction of sp³-hybridized carbons (Fsp3) is 0.200. The molecule has 0 aliphatic rings. The van der Waals surface area contributed by atoms with Crippen LogP contribution in [0.25, 0.3) is 0 Å². The zero-order chi connectivity index (χ0) is 13.0. The fourth-order valence-corrected chi connectivity index (χ4v) is 1.90. The average Bonchev–Trinajstić information content (AvgIpc) is 2.42. The van der Waals surface area contributed by atoms with E-state index in [9.17, 15) is 5.11 Å². The highest BCUT2D eigenvalue weighted by Crippen LogP contribution is 2.26. The van der Waals surface area contributed by atoms with E-state index in [0.717, 1.165) is 11.1 Å². The van der Waals surface area contributed by atoms with Crippen molar-refractivity contribution in [3.05, 3.63) is 59.7 Å². The third-order valence-electron chi connectivity index (χ3n) is 2.96. The summed E-state index contributed by atoms with van der Waals surface area (Å²) in [6, 6.07) is 15.0. The Kier molecular flexibility index (Phi) is 3.85. The Labute approximate surface area is 107 Å². The Morgan fingerprint density at radius 2 is 1.89 bits per heavy atom. The number of hydrogen-bond donors (Lipinski definition) is 2. The van der Waals surface area contributed by atoms with Crippen molar-refractivity contribution in [1.29, 1.82) is 0 Å². The molecule has 0 aliphatic carbocycles. The van der Waals surface area contributed by atoms with Crippen LogP contribution in [0.3, 0.4) is 0 Å². The van der Waals surface area contributed by atoms with E-state index in [1.54, 1.807) is 13.2 Å². The van der Waals surface area contributed by atoms with Crippen molar-refractivity contribution < 1.29 is 9.84 Å². The van der Waals surface area contributed by atoms with E-state index >= 15 is 0 Å². The van der Waals surface area contributed by atoms with Crippen molar-refractivity contribution in [3.8, 4) is 11.5 Å². The average molecular weight is 243 g/mol. The van der Waals surface area contributed by atoms with Gasteiger partial charge in [0.15, 0.2) is 0 Å². The van der Waals surface area contributed by atoms with Crippen LogP contribution in [0.1, 0.15) is 17.2 Å². The largest absolute Gasteiger partial charge is 0.508 e. The maximum Gasteiger partial charge on any atom is 0.122 e. The van der Waals surface area contributed by atoms with Crippen LogP contribution in [0.15, 0.2) is 48.5 Å². The van der Waals surface area contributed by atoms with E-state index in [4.69, 9.17) is 10.5 Å². The molecular weight excluding hydrogens is 226 g/mol. The van der Waals surface area contributed by atoms with E-state index in [0.29, 0.717) is 12.2 Å². The minimum atomic E-state index is -0.120. The Morgan fingerprint density at radius 1 is 1.17 bits per heavy atom. The molecule has 3 nitrogen and oxygen atoms in total. The van der Waals surface area contributed by atoms with Gasteiger partial charge in [0.25, 0.3) is 0 Å². The molecule has 1 unspecified atom stereocenters. The van der Waals surface area contributed by atoms with Crippen LogP contribution < -0.4 is 10.5 Å². The van der Waals surface area contributed by atoms with Gasteiger partial charge in [-0.3, -0.25) is 0 Å². The molecule has 2 aromatic rings. The van der Waals surface area contributed by atoms with Crippen LogP contribution in [0, 0.1) is 0 Å². The van der Waals surface area contributed by atoms with Gasteiger partial charge in [-0.05, 0) is 23.6 Å². The highest BCUT2D eigenvalue weighted by atomic mass is 16.5. The number of aromatic hydroxyl groups is 1. The molecule has 3 heteroatoms. The van der Waals surface area contributed by atoms with Gasteiger partial charge in [0, 0.05) is 12.1 Å². The van der Waals surface area contributed by atoms with E-state index < -0.39 is 0 Å². The highest BCUT2D eigenvalue weighted by molar-refractivity contribution is 5.40. The van der Waals surface area contributed by atoms with Crippen molar-refractivity contribution in [2.75, 3.05) is 7.11 Å². The molecule has 2 aromatic carbocycles. The summed E-state index contributed by atoms with van der Waals surface area (Å²) >= 11 is 0.